The van der Waals surface area contributed by atoms with Crippen LogP contribution in [0.4, 0.5) is 10.7 Å². The lowest BCUT2D eigenvalue weighted by Gasteiger charge is -2.14. The number of hydrogen-bond donors (Lipinski definition) is 2. The molecule has 3 amide bonds. The molecule has 0 unspecified atom stereocenters. The second-order valence-electron chi connectivity index (χ2n) is 4.44. The van der Waals surface area contributed by atoms with Gasteiger partial charge in [-0.3, -0.25) is 10.1 Å². The summed E-state index contributed by atoms with van der Waals surface area (Å²) < 4.78 is 0. The highest BCUT2D eigenvalue weighted by Crippen LogP contribution is 2.16. The van der Waals surface area contributed by atoms with Gasteiger partial charge < -0.3 is 10.2 Å². The summed E-state index contributed by atoms with van der Waals surface area (Å²) in [6, 6.07) is 1.19. The van der Waals surface area contributed by atoms with Crippen molar-refractivity contribution in [2.24, 2.45) is 0 Å². The number of anilines is 1. The van der Waals surface area contributed by atoms with Crippen LogP contribution in [0.5, 0.6) is 0 Å². The molecule has 3 rings (SSSR count). The molecule has 19 heavy (non-hydrogen) atoms. The van der Waals surface area contributed by atoms with Gasteiger partial charge >= 0.3 is 6.03 Å². The SMILES string of the molecule is O=C1NC(=O)/C(=C/c2ccnc(N3CCCC3)n2)N1. The van der Waals surface area contributed by atoms with E-state index in [0.717, 1.165) is 25.9 Å². The molecule has 0 aromatic carbocycles. The fourth-order valence-corrected chi connectivity index (χ4v) is 2.14. The number of nitrogens with one attached hydrogen (secondary N) is 2. The minimum Gasteiger partial charge on any atom is -0.341 e. The fraction of sp³-hybridized carbons (Fsp3) is 0.333. The number of imide groups is 1. The van der Waals surface area contributed by atoms with E-state index in [9.17, 15) is 9.59 Å². The summed E-state index contributed by atoms with van der Waals surface area (Å²) in [5.41, 5.74) is 0.806. The highest BCUT2D eigenvalue weighted by atomic mass is 16.2. The monoisotopic (exact) mass is 259 g/mol. The lowest BCUT2D eigenvalue weighted by molar-refractivity contribution is -0.115. The van der Waals surface area contributed by atoms with E-state index >= 15 is 0 Å². The average Bonchev–Trinajstić information content (AvgIpc) is 3.01. The first kappa shape index (κ1) is 11.6. The quantitative estimate of drug-likeness (QED) is 0.587. The molecule has 7 nitrogen and oxygen atoms in total. The highest BCUT2D eigenvalue weighted by molar-refractivity contribution is 6.13. The molecular formula is C12H13N5O2. The predicted molar refractivity (Wildman–Crippen MR) is 68.1 cm³/mol. The molecule has 0 saturated carbocycles. The second kappa shape index (κ2) is 4.68. The molecule has 0 radical (unpaired) electrons. The third kappa shape index (κ3) is 2.40. The van der Waals surface area contributed by atoms with Crippen LogP contribution < -0.4 is 15.5 Å². The molecule has 0 atom stereocenters. The molecule has 1 aromatic heterocycles. The summed E-state index contributed by atoms with van der Waals surface area (Å²) >= 11 is 0. The van der Waals surface area contributed by atoms with E-state index in [4.69, 9.17) is 0 Å². The lowest BCUT2D eigenvalue weighted by atomic mass is 10.3. The molecule has 3 heterocycles. The Hall–Kier alpha value is -2.44. The topological polar surface area (TPSA) is 87.2 Å². The molecule has 2 aliphatic rings. The maximum absolute atomic E-state index is 11.4. The minimum atomic E-state index is -0.509. The average molecular weight is 259 g/mol. The Morgan fingerprint density at radius 2 is 2.00 bits per heavy atom. The summed E-state index contributed by atoms with van der Waals surface area (Å²) in [5.74, 6) is 0.225. The molecule has 2 fully saturated rings. The zero-order valence-corrected chi connectivity index (χ0v) is 10.2. The molecular weight excluding hydrogens is 246 g/mol. The van der Waals surface area contributed by atoms with Crippen molar-refractivity contribution >= 4 is 24.0 Å². The molecule has 2 N–H and O–H groups in total. The van der Waals surface area contributed by atoms with Crippen molar-refractivity contribution in [2.45, 2.75) is 12.8 Å². The second-order valence-corrected chi connectivity index (χ2v) is 4.44. The molecule has 0 spiro atoms. The first-order valence-corrected chi connectivity index (χ1v) is 6.14. The number of carbonyl (C=O) groups is 2. The standard InChI is InChI=1S/C12H13N5O2/c18-10-9(15-12(19)16-10)7-8-3-4-13-11(14-8)17-5-1-2-6-17/h3-4,7H,1-2,5-6H2,(H2,15,16,18,19)/b9-7-. The molecule has 0 aliphatic carbocycles. The van der Waals surface area contributed by atoms with Crippen molar-refractivity contribution in [3.05, 3.63) is 23.7 Å². The van der Waals surface area contributed by atoms with Crippen molar-refractivity contribution in [1.82, 2.24) is 20.6 Å². The van der Waals surface area contributed by atoms with Crippen LogP contribution in [0.2, 0.25) is 0 Å². The van der Waals surface area contributed by atoms with Crippen molar-refractivity contribution < 1.29 is 9.59 Å². The third-order valence-corrected chi connectivity index (χ3v) is 3.07. The smallest absolute Gasteiger partial charge is 0.326 e. The van der Waals surface area contributed by atoms with Gasteiger partial charge in [0.05, 0.1) is 5.69 Å². The number of amides is 3. The summed E-state index contributed by atoms with van der Waals surface area (Å²) in [4.78, 5) is 33.1. The summed E-state index contributed by atoms with van der Waals surface area (Å²) in [5, 5.41) is 4.57. The van der Waals surface area contributed by atoms with E-state index in [-0.39, 0.29) is 5.70 Å². The Morgan fingerprint density at radius 3 is 2.68 bits per heavy atom. The van der Waals surface area contributed by atoms with Gasteiger partial charge in [0.1, 0.15) is 5.70 Å². The molecule has 1 aromatic rings. The number of rotatable bonds is 2. The van der Waals surface area contributed by atoms with E-state index in [1.165, 1.54) is 0 Å². The zero-order chi connectivity index (χ0) is 13.2. The molecule has 0 bridgehead atoms. The zero-order valence-electron chi connectivity index (χ0n) is 10.2. The molecule has 7 heteroatoms. The van der Waals surface area contributed by atoms with Gasteiger partial charge in [-0.05, 0) is 25.0 Å². The van der Waals surface area contributed by atoms with E-state index in [1.54, 1.807) is 18.3 Å². The van der Waals surface area contributed by atoms with Gasteiger partial charge in [0.15, 0.2) is 0 Å². The summed E-state index contributed by atoms with van der Waals surface area (Å²) in [6.07, 6.45) is 5.49. The van der Waals surface area contributed by atoms with Crippen LogP contribution in [0.1, 0.15) is 18.5 Å². The Kier molecular flexibility index (Phi) is 2.86. The van der Waals surface area contributed by atoms with E-state index < -0.39 is 11.9 Å². The first-order valence-electron chi connectivity index (χ1n) is 6.14. The van der Waals surface area contributed by atoms with Crippen LogP contribution in [0.15, 0.2) is 18.0 Å². The van der Waals surface area contributed by atoms with Gasteiger partial charge in [-0.25, -0.2) is 14.8 Å². The molecule has 2 aliphatic heterocycles. The van der Waals surface area contributed by atoms with Crippen molar-refractivity contribution in [1.29, 1.82) is 0 Å². The van der Waals surface area contributed by atoms with Gasteiger partial charge in [-0.2, -0.15) is 0 Å². The molecule has 98 valence electrons. The van der Waals surface area contributed by atoms with Crippen LogP contribution in [0, 0.1) is 0 Å². The van der Waals surface area contributed by atoms with E-state index in [2.05, 4.69) is 25.5 Å². The molecule has 2 saturated heterocycles. The number of urea groups is 1. The highest BCUT2D eigenvalue weighted by Gasteiger charge is 2.23. The van der Waals surface area contributed by atoms with Gasteiger partial charge in [-0.15, -0.1) is 0 Å². The number of nitrogens with zero attached hydrogens (tertiary/aromatic N) is 3. The Morgan fingerprint density at radius 1 is 1.21 bits per heavy atom. The van der Waals surface area contributed by atoms with Crippen molar-refractivity contribution in [2.75, 3.05) is 18.0 Å². The number of hydrogen-bond acceptors (Lipinski definition) is 5. The predicted octanol–water partition coefficient (Wildman–Crippen LogP) is 0.257. The van der Waals surface area contributed by atoms with Crippen LogP contribution in [0.3, 0.4) is 0 Å². The van der Waals surface area contributed by atoms with Crippen LogP contribution in [-0.2, 0) is 4.79 Å². The maximum atomic E-state index is 11.4. The largest absolute Gasteiger partial charge is 0.341 e. The van der Waals surface area contributed by atoms with Crippen molar-refractivity contribution in [3.63, 3.8) is 0 Å². The lowest BCUT2D eigenvalue weighted by Crippen LogP contribution is -2.22. The summed E-state index contributed by atoms with van der Waals surface area (Å²) in [7, 11) is 0. The van der Waals surface area contributed by atoms with Crippen LogP contribution in [0.25, 0.3) is 6.08 Å². The third-order valence-electron chi connectivity index (χ3n) is 3.07. The van der Waals surface area contributed by atoms with E-state index in [0.29, 0.717) is 11.6 Å². The first-order chi connectivity index (χ1) is 9.22. The number of carbonyl (C=O) groups excluding carboxylic acids is 2. The minimum absolute atomic E-state index is 0.205. The Labute approximate surface area is 109 Å². The van der Waals surface area contributed by atoms with Gasteiger partial charge in [-0.1, -0.05) is 0 Å². The van der Waals surface area contributed by atoms with Gasteiger partial charge in [0.2, 0.25) is 5.95 Å². The summed E-state index contributed by atoms with van der Waals surface area (Å²) in [6.45, 7) is 1.91. The van der Waals surface area contributed by atoms with Gasteiger partial charge in [0.25, 0.3) is 5.91 Å². The van der Waals surface area contributed by atoms with Crippen molar-refractivity contribution in [3.8, 4) is 0 Å². The maximum Gasteiger partial charge on any atom is 0.326 e. The number of aromatic nitrogens is 2. The van der Waals surface area contributed by atoms with Gasteiger partial charge in [0, 0.05) is 19.3 Å². The Balaban J connectivity index is 1.85. The van der Waals surface area contributed by atoms with E-state index in [1.807, 2.05) is 0 Å². The normalized spacial score (nSPS) is 20.8. The fourth-order valence-electron chi connectivity index (χ4n) is 2.14. The van der Waals surface area contributed by atoms with Crippen LogP contribution in [-0.4, -0.2) is 35.0 Å². The van der Waals surface area contributed by atoms with Crippen LogP contribution >= 0.6 is 0 Å². The Bertz CT molecular complexity index is 563.